The number of likely N-dealkylation sites (N-methyl/N-ethyl adjacent to an activating group) is 1. The normalized spacial score (nSPS) is 12.0. The number of benzene rings is 2. The molecule has 0 aliphatic heterocycles. The Balaban J connectivity index is 1.96. The van der Waals surface area contributed by atoms with Crippen molar-refractivity contribution in [2.45, 2.75) is 13.0 Å². The van der Waals surface area contributed by atoms with Crippen LogP contribution < -0.4 is 10.6 Å². The fourth-order valence-electron chi connectivity index (χ4n) is 2.31. The number of carbonyl (C=O) groups excluding carboxylic acids is 1. The Labute approximate surface area is 136 Å². The lowest BCUT2D eigenvalue weighted by atomic mass is 10.1. The van der Waals surface area contributed by atoms with Crippen molar-refractivity contribution in [2.75, 3.05) is 26.0 Å². The van der Waals surface area contributed by atoms with Gasteiger partial charge in [0.2, 0.25) is 0 Å². The molecule has 2 aromatic carbocycles. The van der Waals surface area contributed by atoms with Crippen LogP contribution in [0.4, 0.5) is 14.9 Å². The Morgan fingerprint density at radius 1 is 1.17 bits per heavy atom. The Bertz CT molecular complexity index is 656. The maximum atomic E-state index is 13.4. The molecule has 1 unspecified atom stereocenters. The highest BCUT2D eigenvalue weighted by Gasteiger charge is 2.15. The topological polar surface area (TPSA) is 44.4 Å². The van der Waals surface area contributed by atoms with Crippen LogP contribution in [0.3, 0.4) is 0 Å². The van der Waals surface area contributed by atoms with Crippen LogP contribution in [-0.2, 0) is 0 Å². The molecule has 23 heavy (non-hydrogen) atoms. The number of nitrogens with one attached hydrogen (secondary N) is 2. The second kappa shape index (κ2) is 7.74. The van der Waals surface area contributed by atoms with Crippen LogP contribution in [0, 0.1) is 12.7 Å². The fraction of sp³-hybridized carbons (Fsp3) is 0.278. The molecular formula is C18H22FN3O. The molecule has 0 aliphatic rings. The summed E-state index contributed by atoms with van der Waals surface area (Å²) in [4.78, 5) is 14.0. The van der Waals surface area contributed by atoms with E-state index < -0.39 is 0 Å². The molecule has 0 bridgehead atoms. The molecule has 5 heteroatoms. The summed E-state index contributed by atoms with van der Waals surface area (Å²) in [7, 11) is 3.80. The molecule has 0 heterocycles. The first-order valence-electron chi connectivity index (χ1n) is 7.49. The molecule has 2 amide bonds. The number of hydrogen-bond donors (Lipinski definition) is 2. The summed E-state index contributed by atoms with van der Waals surface area (Å²) >= 11 is 0. The van der Waals surface area contributed by atoms with Gasteiger partial charge in [-0.25, -0.2) is 9.18 Å². The van der Waals surface area contributed by atoms with E-state index in [2.05, 4.69) is 10.6 Å². The van der Waals surface area contributed by atoms with Gasteiger partial charge in [0.15, 0.2) is 0 Å². The van der Waals surface area contributed by atoms with Crippen molar-refractivity contribution in [1.82, 2.24) is 10.2 Å². The number of hydrogen-bond acceptors (Lipinski definition) is 2. The summed E-state index contributed by atoms with van der Waals surface area (Å²) in [6.07, 6.45) is 0. The summed E-state index contributed by atoms with van der Waals surface area (Å²) in [5, 5.41) is 5.61. The molecule has 0 saturated heterocycles. The van der Waals surface area contributed by atoms with Crippen LogP contribution in [0.5, 0.6) is 0 Å². The van der Waals surface area contributed by atoms with Gasteiger partial charge in [-0.05, 0) is 50.8 Å². The second-order valence-corrected chi connectivity index (χ2v) is 5.74. The highest BCUT2D eigenvalue weighted by molar-refractivity contribution is 5.89. The van der Waals surface area contributed by atoms with Gasteiger partial charge in [-0.2, -0.15) is 0 Å². The molecule has 0 spiro atoms. The maximum Gasteiger partial charge on any atom is 0.319 e. The van der Waals surface area contributed by atoms with E-state index in [0.29, 0.717) is 6.54 Å². The Morgan fingerprint density at radius 3 is 2.48 bits per heavy atom. The van der Waals surface area contributed by atoms with Gasteiger partial charge in [-0.15, -0.1) is 0 Å². The quantitative estimate of drug-likeness (QED) is 0.886. The van der Waals surface area contributed by atoms with Gasteiger partial charge in [0.25, 0.3) is 0 Å². The molecule has 0 saturated carbocycles. The molecule has 0 aromatic heterocycles. The van der Waals surface area contributed by atoms with Crippen molar-refractivity contribution in [3.63, 3.8) is 0 Å². The number of amides is 2. The number of aryl methyl sites for hydroxylation is 1. The zero-order chi connectivity index (χ0) is 16.8. The number of halogens is 1. The van der Waals surface area contributed by atoms with Gasteiger partial charge in [0, 0.05) is 12.2 Å². The number of anilines is 1. The minimum absolute atomic E-state index is 0.102. The Hall–Kier alpha value is -2.40. The largest absolute Gasteiger partial charge is 0.336 e. The summed E-state index contributed by atoms with van der Waals surface area (Å²) < 4.78 is 13.4. The SMILES string of the molecule is Cc1ccc(NC(=O)NCC(c2cccc(F)c2)N(C)C)cc1. The average Bonchev–Trinajstić information content (AvgIpc) is 2.49. The third kappa shape index (κ3) is 5.07. The van der Waals surface area contributed by atoms with Crippen molar-refractivity contribution in [3.05, 3.63) is 65.5 Å². The molecule has 122 valence electrons. The van der Waals surface area contributed by atoms with Gasteiger partial charge in [0.05, 0.1) is 6.04 Å². The van der Waals surface area contributed by atoms with Crippen molar-refractivity contribution in [3.8, 4) is 0 Å². The van der Waals surface area contributed by atoms with Gasteiger partial charge in [-0.3, -0.25) is 0 Å². The first-order chi connectivity index (χ1) is 11.0. The first kappa shape index (κ1) is 17.0. The zero-order valence-electron chi connectivity index (χ0n) is 13.6. The van der Waals surface area contributed by atoms with Crippen LogP contribution in [-0.4, -0.2) is 31.6 Å². The highest BCUT2D eigenvalue weighted by Crippen LogP contribution is 2.18. The van der Waals surface area contributed by atoms with E-state index in [1.165, 1.54) is 12.1 Å². The minimum atomic E-state index is -0.280. The van der Waals surface area contributed by atoms with E-state index in [-0.39, 0.29) is 17.9 Å². The molecule has 0 aliphatic carbocycles. The zero-order valence-corrected chi connectivity index (χ0v) is 13.6. The summed E-state index contributed by atoms with van der Waals surface area (Å²) in [6, 6.07) is 13.6. The van der Waals surface area contributed by atoms with Crippen LogP contribution in [0.15, 0.2) is 48.5 Å². The van der Waals surface area contributed by atoms with Crippen LogP contribution in [0.2, 0.25) is 0 Å². The summed E-state index contributed by atoms with van der Waals surface area (Å²) in [5.74, 6) is -0.279. The van der Waals surface area contributed by atoms with Crippen LogP contribution >= 0.6 is 0 Å². The number of urea groups is 1. The average molecular weight is 315 g/mol. The predicted octanol–water partition coefficient (Wildman–Crippen LogP) is 3.56. The van der Waals surface area contributed by atoms with E-state index in [0.717, 1.165) is 16.8 Å². The molecule has 0 fully saturated rings. The summed E-state index contributed by atoms with van der Waals surface area (Å²) in [5.41, 5.74) is 2.70. The van der Waals surface area contributed by atoms with E-state index >= 15 is 0 Å². The third-order valence-corrected chi connectivity index (χ3v) is 3.62. The fourth-order valence-corrected chi connectivity index (χ4v) is 2.31. The van der Waals surface area contributed by atoms with E-state index in [9.17, 15) is 9.18 Å². The van der Waals surface area contributed by atoms with E-state index in [4.69, 9.17) is 0 Å². The lowest BCUT2D eigenvalue weighted by molar-refractivity contribution is 0.243. The van der Waals surface area contributed by atoms with Crippen molar-refractivity contribution >= 4 is 11.7 Å². The lowest BCUT2D eigenvalue weighted by Gasteiger charge is -2.25. The molecular weight excluding hydrogens is 293 g/mol. The van der Waals surface area contributed by atoms with Crippen LogP contribution in [0.25, 0.3) is 0 Å². The maximum absolute atomic E-state index is 13.4. The smallest absolute Gasteiger partial charge is 0.319 e. The number of rotatable bonds is 5. The predicted molar refractivity (Wildman–Crippen MR) is 91.0 cm³/mol. The second-order valence-electron chi connectivity index (χ2n) is 5.74. The van der Waals surface area contributed by atoms with Crippen LogP contribution in [0.1, 0.15) is 17.2 Å². The molecule has 2 aromatic rings. The molecule has 4 nitrogen and oxygen atoms in total. The van der Waals surface area contributed by atoms with Crippen molar-refractivity contribution in [2.24, 2.45) is 0 Å². The van der Waals surface area contributed by atoms with Crippen molar-refractivity contribution < 1.29 is 9.18 Å². The molecule has 2 rings (SSSR count). The van der Waals surface area contributed by atoms with Gasteiger partial charge >= 0.3 is 6.03 Å². The number of carbonyl (C=O) groups is 1. The standard InChI is InChI=1S/C18H22FN3O/c1-13-7-9-16(10-8-13)21-18(23)20-12-17(22(2)3)14-5-4-6-15(19)11-14/h4-11,17H,12H2,1-3H3,(H2,20,21,23). The minimum Gasteiger partial charge on any atom is -0.336 e. The van der Waals surface area contributed by atoms with E-state index in [1.807, 2.05) is 56.3 Å². The molecule has 2 N–H and O–H groups in total. The van der Waals surface area contributed by atoms with E-state index in [1.54, 1.807) is 6.07 Å². The molecule has 0 radical (unpaired) electrons. The lowest BCUT2D eigenvalue weighted by Crippen LogP contribution is -2.36. The summed E-state index contributed by atoms with van der Waals surface area (Å²) in [6.45, 7) is 2.37. The Kier molecular flexibility index (Phi) is 5.71. The van der Waals surface area contributed by atoms with Gasteiger partial charge in [-0.1, -0.05) is 29.8 Å². The van der Waals surface area contributed by atoms with Gasteiger partial charge < -0.3 is 15.5 Å². The van der Waals surface area contributed by atoms with Gasteiger partial charge in [0.1, 0.15) is 5.82 Å². The molecule has 1 atom stereocenters. The third-order valence-electron chi connectivity index (χ3n) is 3.62. The van der Waals surface area contributed by atoms with Crippen molar-refractivity contribution in [1.29, 1.82) is 0 Å². The monoisotopic (exact) mass is 315 g/mol. The Morgan fingerprint density at radius 2 is 1.87 bits per heavy atom. The highest BCUT2D eigenvalue weighted by atomic mass is 19.1. The number of nitrogens with zero attached hydrogens (tertiary/aromatic N) is 1. The first-order valence-corrected chi connectivity index (χ1v) is 7.49.